The molecule has 0 saturated carbocycles. The molecular weight excluding hydrogens is 184 g/mol. The van der Waals surface area contributed by atoms with Gasteiger partial charge in [0.2, 0.25) is 11.5 Å². The molecule has 0 fully saturated rings. The molecule has 0 bridgehead atoms. The number of primary amides is 1. The highest BCUT2D eigenvalue weighted by Gasteiger charge is 2.23. The summed E-state index contributed by atoms with van der Waals surface area (Å²) < 4.78 is 0. The number of H-pyrrole nitrogens is 1. The predicted octanol–water partition coefficient (Wildman–Crippen LogP) is -0.467. The average molecular weight is 194 g/mol. The first-order chi connectivity index (χ1) is 6.52. The number of carbonyl (C=O) groups excluding carboxylic acids is 2. The van der Waals surface area contributed by atoms with Gasteiger partial charge in [-0.05, 0) is 13.0 Å². The van der Waals surface area contributed by atoms with Crippen molar-refractivity contribution in [1.82, 2.24) is 4.98 Å². The zero-order valence-electron chi connectivity index (χ0n) is 7.61. The van der Waals surface area contributed by atoms with Crippen LogP contribution in [0.5, 0.6) is 0 Å². The summed E-state index contributed by atoms with van der Waals surface area (Å²) in [5, 5.41) is 0. The summed E-state index contributed by atoms with van der Waals surface area (Å²) in [6, 6.07) is 4.24. The second-order valence-electron chi connectivity index (χ2n) is 2.92. The fourth-order valence-electron chi connectivity index (χ4n) is 1.21. The van der Waals surface area contributed by atoms with Crippen molar-refractivity contribution in [3.8, 4) is 0 Å². The molecule has 1 heterocycles. The van der Waals surface area contributed by atoms with E-state index in [4.69, 9.17) is 5.73 Å². The fraction of sp³-hybridized carbons (Fsp3) is 0.222. The quantitative estimate of drug-likeness (QED) is 0.637. The Kier molecular flexibility index (Phi) is 2.81. The molecule has 3 N–H and O–H groups in total. The van der Waals surface area contributed by atoms with Crippen molar-refractivity contribution in [2.75, 3.05) is 0 Å². The Morgan fingerprint density at radius 1 is 1.43 bits per heavy atom. The molecule has 1 rings (SSSR count). The SMILES string of the molecule is CC(=O)C(C(N)=O)c1cccc(=O)[nH]1. The Bertz CT molecular complexity index is 408. The first-order valence-electron chi connectivity index (χ1n) is 4.01. The second-order valence-corrected chi connectivity index (χ2v) is 2.92. The summed E-state index contributed by atoms with van der Waals surface area (Å²) in [7, 11) is 0. The van der Waals surface area contributed by atoms with Gasteiger partial charge < -0.3 is 10.7 Å². The molecule has 1 atom stereocenters. The van der Waals surface area contributed by atoms with Crippen molar-refractivity contribution in [3.63, 3.8) is 0 Å². The third-order valence-corrected chi connectivity index (χ3v) is 1.79. The molecule has 0 spiro atoms. The molecule has 5 nitrogen and oxygen atoms in total. The third kappa shape index (κ3) is 2.07. The van der Waals surface area contributed by atoms with Gasteiger partial charge in [0.1, 0.15) is 11.7 Å². The number of carbonyl (C=O) groups is 2. The second kappa shape index (κ2) is 3.87. The maximum Gasteiger partial charge on any atom is 0.248 e. The number of hydrogen-bond donors (Lipinski definition) is 2. The third-order valence-electron chi connectivity index (χ3n) is 1.79. The number of aromatic nitrogens is 1. The molecule has 0 aliphatic carbocycles. The maximum atomic E-state index is 11.1. The van der Waals surface area contributed by atoms with Crippen LogP contribution in [0.15, 0.2) is 23.0 Å². The van der Waals surface area contributed by atoms with Gasteiger partial charge >= 0.3 is 0 Å². The van der Waals surface area contributed by atoms with Crippen molar-refractivity contribution in [2.45, 2.75) is 12.8 Å². The van der Waals surface area contributed by atoms with E-state index in [-0.39, 0.29) is 17.0 Å². The average Bonchev–Trinajstić information content (AvgIpc) is 2.02. The number of aromatic amines is 1. The number of hydrogen-bond acceptors (Lipinski definition) is 3. The van der Waals surface area contributed by atoms with E-state index in [1.54, 1.807) is 0 Å². The van der Waals surface area contributed by atoms with Gasteiger partial charge in [-0.2, -0.15) is 0 Å². The molecule has 5 heteroatoms. The van der Waals surface area contributed by atoms with E-state index >= 15 is 0 Å². The molecule has 14 heavy (non-hydrogen) atoms. The van der Waals surface area contributed by atoms with Gasteiger partial charge in [-0.25, -0.2) is 0 Å². The van der Waals surface area contributed by atoms with Crippen LogP contribution in [0.4, 0.5) is 0 Å². The van der Waals surface area contributed by atoms with Gasteiger partial charge in [0.25, 0.3) is 0 Å². The molecule has 0 saturated heterocycles. The molecule has 0 aromatic carbocycles. The summed E-state index contributed by atoms with van der Waals surface area (Å²) in [5.41, 5.74) is 4.91. The number of nitrogens with two attached hydrogens (primary N) is 1. The van der Waals surface area contributed by atoms with Gasteiger partial charge in [0, 0.05) is 11.8 Å². The minimum Gasteiger partial charge on any atom is -0.369 e. The van der Waals surface area contributed by atoms with E-state index in [2.05, 4.69) is 4.98 Å². The Labute approximate surface area is 79.9 Å². The number of Topliss-reactive ketones (excluding diaryl/α,β-unsaturated/α-hetero) is 1. The summed E-state index contributed by atoms with van der Waals surface area (Å²) in [4.78, 5) is 35.3. The monoisotopic (exact) mass is 194 g/mol. The van der Waals surface area contributed by atoms with E-state index in [0.29, 0.717) is 0 Å². The van der Waals surface area contributed by atoms with Crippen LogP contribution >= 0.6 is 0 Å². The lowest BCUT2D eigenvalue weighted by molar-refractivity contribution is -0.127. The van der Waals surface area contributed by atoms with Crippen LogP contribution in [0.25, 0.3) is 0 Å². The number of amides is 1. The fourth-order valence-corrected chi connectivity index (χ4v) is 1.21. The number of pyridine rings is 1. The predicted molar refractivity (Wildman–Crippen MR) is 49.7 cm³/mol. The van der Waals surface area contributed by atoms with Crippen LogP contribution < -0.4 is 11.3 Å². The summed E-state index contributed by atoms with van der Waals surface area (Å²) >= 11 is 0. The van der Waals surface area contributed by atoms with Crippen molar-refractivity contribution in [3.05, 3.63) is 34.2 Å². The lowest BCUT2D eigenvalue weighted by Crippen LogP contribution is -2.28. The van der Waals surface area contributed by atoms with Crippen LogP contribution in [-0.2, 0) is 9.59 Å². The normalized spacial score (nSPS) is 12.1. The van der Waals surface area contributed by atoms with Gasteiger partial charge in [0.05, 0.1) is 0 Å². The Morgan fingerprint density at radius 3 is 2.50 bits per heavy atom. The van der Waals surface area contributed by atoms with E-state index in [9.17, 15) is 14.4 Å². The summed E-state index contributed by atoms with van der Waals surface area (Å²) in [6.07, 6.45) is 0. The maximum absolute atomic E-state index is 11.1. The van der Waals surface area contributed by atoms with Crippen molar-refractivity contribution >= 4 is 11.7 Å². The number of ketones is 1. The van der Waals surface area contributed by atoms with Gasteiger partial charge in [-0.1, -0.05) is 6.07 Å². The Morgan fingerprint density at radius 2 is 2.07 bits per heavy atom. The van der Waals surface area contributed by atoms with Crippen LogP contribution in [-0.4, -0.2) is 16.7 Å². The minimum atomic E-state index is -1.07. The van der Waals surface area contributed by atoms with E-state index < -0.39 is 11.8 Å². The topological polar surface area (TPSA) is 93.0 Å². The summed E-state index contributed by atoms with van der Waals surface area (Å²) in [5.74, 6) is -2.22. The standard InChI is InChI=1S/C9H10N2O3/c1-5(12)8(9(10)14)6-3-2-4-7(13)11-6/h2-4,8H,1H3,(H2,10,14)(H,11,13). The largest absolute Gasteiger partial charge is 0.369 e. The molecule has 0 aliphatic heterocycles. The number of nitrogens with one attached hydrogen (secondary N) is 1. The first kappa shape index (κ1) is 10.2. The first-order valence-corrected chi connectivity index (χ1v) is 4.01. The molecule has 1 aromatic rings. The van der Waals surface area contributed by atoms with Crippen molar-refractivity contribution < 1.29 is 9.59 Å². The van der Waals surface area contributed by atoms with E-state index in [1.165, 1.54) is 25.1 Å². The zero-order chi connectivity index (χ0) is 10.7. The van der Waals surface area contributed by atoms with E-state index in [1.807, 2.05) is 0 Å². The van der Waals surface area contributed by atoms with Gasteiger partial charge in [0.15, 0.2) is 0 Å². The molecule has 1 amide bonds. The number of rotatable bonds is 3. The minimum absolute atomic E-state index is 0.234. The van der Waals surface area contributed by atoms with Crippen molar-refractivity contribution in [2.24, 2.45) is 5.73 Å². The molecule has 0 aliphatic rings. The highest BCUT2D eigenvalue weighted by molar-refractivity contribution is 6.04. The lowest BCUT2D eigenvalue weighted by atomic mass is 10.00. The van der Waals surface area contributed by atoms with Gasteiger partial charge in [-0.3, -0.25) is 14.4 Å². The molecule has 1 unspecified atom stereocenters. The smallest absolute Gasteiger partial charge is 0.248 e. The van der Waals surface area contributed by atoms with E-state index in [0.717, 1.165) is 0 Å². The van der Waals surface area contributed by atoms with Crippen LogP contribution in [0, 0.1) is 0 Å². The van der Waals surface area contributed by atoms with Crippen LogP contribution in [0.3, 0.4) is 0 Å². The Balaban J connectivity index is 3.18. The van der Waals surface area contributed by atoms with Crippen LogP contribution in [0.2, 0.25) is 0 Å². The zero-order valence-corrected chi connectivity index (χ0v) is 7.61. The molecule has 0 radical (unpaired) electrons. The lowest BCUT2D eigenvalue weighted by Gasteiger charge is -2.08. The molecule has 1 aromatic heterocycles. The van der Waals surface area contributed by atoms with Crippen molar-refractivity contribution in [1.29, 1.82) is 0 Å². The highest BCUT2D eigenvalue weighted by atomic mass is 16.2. The van der Waals surface area contributed by atoms with Gasteiger partial charge in [-0.15, -0.1) is 0 Å². The Hall–Kier alpha value is -1.91. The highest BCUT2D eigenvalue weighted by Crippen LogP contribution is 2.11. The van der Waals surface area contributed by atoms with Crippen LogP contribution in [0.1, 0.15) is 18.5 Å². The summed E-state index contributed by atoms with van der Waals surface area (Å²) in [6.45, 7) is 1.25. The molecular formula is C9H10N2O3. The molecule has 74 valence electrons.